The molecule has 4 aromatic carbocycles. The van der Waals surface area contributed by atoms with Crippen molar-refractivity contribution >= 4 is 22.8 Å². The molecule has 2 amide bonds. The third-order valence-corrected chi connectivity index (χ3v) is 11.4. The van der Waals surface area contributed by atoms with Gasteiger partial charge in [0.25, 0.3) is 0 Å². The minimum atomic E-state index is -0.283. The lowest BCUT2D eigenvalue weighted by Crippen LogP contribution is -2.57. The molecule has 55 heavy (non-hydrogen) atoms. The normalized spacial score (nSPS) is 18.8. The maximum atomic E-state index is 12.0. The predicted molar refractivity (Wildman–Crippen MR) is 228 cm³/mol. The van der Waals surface area contributed by atoms with Gasteiger partial charge in [0.1, 0.15) is 18.6 Å². The Morgan fingerprint density at radius 3 is 1.69 bits per heavy atom. The van der Waals surface area contributed by atoms with E-state index in [9.17, 15) is 9.59 Å². The number of carbonyl (C=O) groups is 2. The molecular formula is C48H68N2O5. The monoisotopic (exact) mass is 753 g/mol. The number of hydrogen-bond acceptors (Lipinski definition) is 5. The summed E-state index contributed by atoms with van der Waals surface area (Å²) in [5.74, 6) is 2.69. The van der Waals surface area contributed by atoms with E-state index in [0.29, 0.717) is 49.1 Å². The number of nitrogens with zero attached hydrogens (tertiary/aromatic N) is 2. The van der Waals surface area contributed by atoms with Crippen LogP contribution in [0.2, 0.25) is 0 Å². The van der Waals surface area contributed by atoms with Crippen molar-refractivity contribution in [2.75, 3.05) is 33.5 Å². The molecule has 0 saturated carbocycles. The van der Waals surface area contributed by atoms with Gasteiger partial charge in [0.15, 0.2) is 0 Å². The molecule has 1 heterocycles. The van der Waals surface area contributed by atoms with Gasteiger partial charge in [0.2, 0.25) is 0 Å². The maximum Gasteiger partial charge on any atom is 0.322 e. The summed E-state index contributed by atoms with van der Waals surface area (Å²) < 4.78 is 10.5. The SMILES string of the molecule is CC1c2cccc3cccc(c23)C1C.CCC(C)C(=O)OC1CN(CC)C(=O)N(COC)C1.CCC(C)c1ccc(C)cc1.CCC(C)c1ccc(O)cc1. The summed E-state index contributed by atoms with van der Waals surface area (Å²) in [6, 6.07) is 29.5. The average Bonchev–Trinajstić information content (AvgIpc) is 3.45. The molecule has 0 spiro atoms. The van der Waals surface area contributed by atoms with Crippen LogP contribution in [0.5, 0.6) is 5.75 Å². The van der Waals surface area contributed by atoms with Gasteiger partial charge in [-0.1, -0.05) is 134 Å². The second-order valence-electron chi connectivity index (χ2n) is 15.3. The first kappa shape index (κ1) is 45.0. The smallest absolute Gasteiger partial charge is 0.322 e. The number of phenols is 1. The van der Waals surface area contributed by atoms with Crippen LogP contribution in [0, 0.1) is 12.8 Å². The molecule has 1 saturated heterocycles. The molecule has 7 heteroatoms. The van der Waals surface area contributed by atoms with E-state index in [1.54, 1.807) is 29.0 Å². The zero-order chi connectivity index (χ0) is 40.7. The Hall–Kier alpha value is -4.36. The minimum Gasteiger partial charge on any atom is -0.508 e. The standard InChI is InChI=1S/C14H14.C13H24N2O4.C11H16.C10H14O/c1-9-10(2)13-8-4-6-11-5-3-7-12(9)14(11)13;1-5-10(3)12(16)19-11-7-14(6-2)13(17)15(8-11)9-18-4;1-4-10(3)11-7-5-9(2)6-8-11;1-3-8(2)9-4-6-10(11)7-5-9/h3-10H,1-2H3;10-11H,5-9H2,1-4H3;5-8,10H,4H2,1-3H3;4-8,11H,3H2,1-2H3. The van der Waals surface area contributed by atoms with Crippen molar-refractivity contribution in [2.24, 2.45) is 5.92 Å². The zero-order valence-electron chi connectivity index (χ0n) is 35.5. The highest BCUT2D eigenvalue weighted by molar-refractivity contribution is 5.92. The third-order valence-electron chi connectivity index (χ3n) is 11.4. The molecule has 1 aliphatic carbocycles. The highest BCUT2D eigenvalue weighted by atomic mass is 16.5. The third kappa shape index (κ3) is 12.6. The largest absolute Gasteiger partial charge is 0.508 e. The van der Waals surface area contributed by atoms with E-state index in [4.69, 9.17) is 14.6 Å². The Kier molecular flexibility index (Phi) is 18.2. The fourth-order valence-electron chi connectivity index (χ4n) is 6.82. The van der Waals surface area contributed by atoms with Crippen LogP contribution in [0.1, 0.15) is 133 Å². The van der Waals surface area contributed by atoms with E-state index >= 15 is 0 Å². The Bertz CT molecular complexity index is 1660. The molecule has 300 valence electrons. The van der Waals surface area contributed by atoms with Gasteiger partial charge in [-0.2, -0.15) is 0 Å². The fraction of sp³-hybridized carbons (Fsp3) is 0.500. The lowest BCUT2D eigenvalue weighted by Gasteiger charge is -2.38. The number of rotatable bonds is 10. The van der Waals surface area contributed by atoms with Crippen molar-refractivity contribution in [3.05, 3.63) is 113 Å². The van der Waals surface area contributed by atoms with Crippen LogP contribution in [0.3, 0.4) is 0 Å². The van der Waals surface area contributed by atoms with Crippen molar-refractivity contribution in [1.82, 2.24) is 9.80 Å². The number of urea groups is 1. The average molecular weight is 753 g/mol. The van der Waals surface area contributed by atoms with E-state index < -0.39 is 0 Å². The first-order valence-electron chi connectivity index (χ1n) is 20.4. The van der Waals surface area contributed by atoms with Gasteiger partial charge in [0.05, 0.1) is 19.0 Å². The van der Waals surface area contributed by atoms with Gasteiger partial charge in [0, 0.05) is 13.7 Å². The first-order valence-corrected chi connectivity index (χ1v) is 20.4. The maximum absolute atomic E-state index is 12.0. The van der Waals surface area contributed by atoms with Gasteiger partial charge in [-0.05, 0) is 102 Å². The molecule has 6 unspecified atom stereocenters. The topological polar surface area (TPSA) is 79.3 Å². The molecule has 1 aliphatic heterocycles. The number of ether oxygens (including phenoxy) is 2. The van der Waals surface area contributed by atoms with Crippen molar-refractivity contribution in [1.29, 1.82) is 0 Å². The lowest BCUT2D eigenvalue weighted by atomic mass is 9.94. The summed E-state index contributed by atoms with van der Waals surface area (Å²) in [6.45, 7) is 23.0. The van der Waals surface area contributed by atoms with Gasteiger partial charge in [-0.3, -0.25) is 9.69 Å². The molecule has 0 bridgehead atoms. The molecule has 6 atom stereocenters. The van der Waals surface area contributed by atoms with Crippen LogP contribution < -0.4 is 0 Å². The van der Waals surface area contributed by atoms with E-state index in [0.717, 1.165) is 12.8 Å². The van der Waals surface area contributed by atoms with Crippen LogP contribution in [-0.2, 0) is 14.3 Å². The molecule has 1 N–H and O–H groups in total. The summed E-state index contributed by atoms with van der Waals surface area (Å²) in [4.78, 5) is 27.0. The number of carbonyl (C=O) groups excluding carboxylic acids is 2. The second-order valence-corrected chi connectivity index (χ2v) is 15.3. The number of hydrogen-bond donors (Lipinski definition) is 1. The zero-order valence-corrected chi connectivity index (χ0v) is 35.5. The number of amides is 2. The van der Waals surface area contributed by atoms with Gasteiger partial charge >= 0.3 is 12.0 Å². The first-order chi connectivity index (χ1) is 26.3. The summed E-state index contributed by atoms with van der Waals surface area (Å²) >= 11 is 0. The van der Waals surface area contributed by atoms with E-state index in [1.165, 1.54) is 45.0 Å². The molecule has 0 radical (unpaired) electrons. The molecule has 4 aromatic rings. The summed E-state index contributed by atoms with van der Waals surface area (Å²) in [7, 11) is 1.54. The van der Waals surface area contributed by atoms with Crippen molar-refractivity contribution in [3.63, 3.8) is 0 Å². The van der Waals surface area contributed by atoms with Gasteiger partial charge < -0.3 is 19.5 Å². The Morgan fingerprint density at radius 1 is 0.745 bits per heavy atom. The number of aromatic hydroxyl groups is 1. The summed E-state index contributed by atoms with van der Waals surface area (Å²) in [6.07, 6.45) is 2.84. The highest BCUT2D eigenvalue weighted by Gasteiger charge is 2.33. The predicted octanol–water partition coefficient (Wildman–Crippen LogP) is 11.8. The van der Waals surface area contributed by atoms with Crippen molar-refractivity contribution in [2.45, 2.75) is 118 Å². The van der Waals surface area contributed by atoms with E-state index in [1.807, 2.05) is 32.9 Å². The molecular weight excluding hydrogens is 685 g/mol. The Morgan fingerprint density at radius 2 is 1.24 bits per heavy atom. The molecule has 1 fully saturated rings. The molecule has 2 aliphatic rings. The van der Waals surface area contributed by atoms with Crippen molar-refractivity contribution < 1.29 is 24.2 Å². The van der Waals surface area contributed by atoms with Crippen LogP contribution in [-0.4, -0.2) is 66.5 Å². The van der Waals surface area contributed by atoms with Crippen LogP contribution in [0.15, 0.2) is 84.9 Å². The quantitative estimate of drug-likeness (QED) is 0.163. The number of benzene rings is 4. The van der Waals surface area contributed by atoms with Crippen LogP contribution in [0.25, 0.3) is 10.8 Å². The lowest BCUT2D eigenvalue weighted by molar-refractivity contribution is -0.157. The molecule has 6 rings (SSSR count). The summed E-state index contributed by atoms with van der Waals surface area (Å²) in [5.41, 5.74) is 7.16. The minimum absolute atomic E-state index is 0.0693. The van der Waals surface area contributed by atoms with E-state index in [2.05, 4.69) is 109 Å². The second kappa shape index (κ2) is 22.3. The fourth-order valence-corrected chi connectivity index (χ4v) is 6.82. The number of phenolic OH excluding ortho intramolecular Hbond substituents is 1. The van der Waals surface area contributed by atoms with Gasteiger partial charge in [-0.25, -0.2) is 4.79 Å². The number of likely N-dealkylation sites (N-methyl/N-ethyl adjacent to an activating group) is 1. The van der Waals surface area contributed by atoms with E-state index in [-0.39, 0.29) is 30.8 Å². The highest BCUT2D eigenvalue weighted by Crippen LogP contribution is 2.45. The van der Waals surface area contributed by atoms with Crippen LogP contribution in [0.4, 0.5) is 4.79 Å². The Balaban J connectivity index is 0.000000202. The van der Waals surface area contributed by atoms with Crippen molar-refractivity contribution in [3.8, 4) is 5.75 Å². The number of aryl methyl sites for hydroxylation is 1. The number of esters is 1. The summed E-state index contributed by atoms with van der Waals surface area (Å²) in [5, 5.41) is 11.9. The number of methoxy groups -OCH3 is 1. The van der Waals surface area contributed by atoms with Crippen LogP contribution >= 0.6 is 0 Å². The van der Waals surface area contributed by atoms with Gasteiger partial charge in [-0.15, -0.1) is 0 Å². The Labute approximate surface area is 332 Å². The molecule has 7 nitrogen and oxygen atoms in total. The molecule has 0 aromatic heterocycles.